The van der Waals surface area contributed by atoms with Crippen LogP contribution in [0.2, 0.25) is 0 Å². The van der Waals surface area contributed by atoms with Crippen molar-refractivity contribution >= 4 is 11.6 Å². The van der Waals surface area contributed by atoms with Gasteiger partial charge in [-0.2, -0.15) is 0 Å². The molecule has 1 heterocycles. The van der Waals surface area contributed by atoms with Gasteiger partial charge in [0.2, 0.25) is 5.91 Å². The van der Waals surface area contributed by atoms with Crippen LogP contribution in [0, 0.1) is 11.8 Å². The van der Waals surface area contributed by atoms with E-state index in [4.69, 9.17) is 4.74 Å². The first-order chi connectivity index (χ1) is 9.34. The Hall–Kier alpha value is -1.35. The molecule has 1 aromatic rings. The van der Waals surface area contributed by atoms with Crippen molar-refractivity contribution in [1.82, 2.24) is 0 Å². The lowest BCUT2D eigenvalue weighted by Gasteiger charge is -2.29. The molecule has 1 aliphatic heterocycles. The van der Waals surface area contributed by atoms with E-state index in [-0.39, 0.29) is 11.8 Å². The van der Waals surface area contributed by atoms with Gasteiger partial charge in [-0.3, -0.25) is 4.79 Å². The standard InChI is InChI=1S/C16H21NO2/c18-16(14-5-4-10-19-12-14)17(11-13-8-9-13)15-6-2-1-3-7-15/h1-3,6-7,13-14H,4-5,8-12H2/t14-/m1/s1. The second-order valence-electron chi connectivity index (χ2n) is 5.64. The molecule has 0 spiro atoms. The second-order valence-corrected chi connectivity index (χ2v) is 5.64. The number of carbonyl (C=O) groups is 1. The third kappa shape index (κ3) is 3.16. The number of nitrogens with zero attached hydrogens (tertiary/aromatic N) is 1. The van der Waals surface area contributed by atoms with Gasteiger partial charge in [0.1, 0.15) is 0 Å². The predicted molar refractivity (Wildman–Crippen MR) is 75.1 cm³/mol. The van der Waals surface area contributed by atoms with Crippen molar-refractivity contribution in [2.75, 3.05) is 24.7 Å². The van der Waals surface area contributed by atoms with Gasteiger partial charge < -0.3 is 9.64 Å². The van der Waals surface area contributed by atoms with Gasteiger partial charge in [0.15, 0.2) is 0 Å². The summed E-state index contributed by atoms with van der Waals surface area (Å²) in [5, 5.41) is 0. The molecule has 3 nitrogen and oxygen atoms in total. The minimum atomic E-state index is 0.0488. The lowest BCUT2D eigenvalue weighted by molar-refractivity contribution is -0.126. The van der Waals surface area contributed by atoms with Crippen LogP contribution in [0.15, 0.2) is 30.3 Å². The van der Waals surface area contributed by atoms with Crippen LogP contribution >= 0.6 is 0 Å². The number of carbonyl (C=O) groups excluding carboxylic acids is 1. The Labute approximate surface area is 114 Å². The van der Waals surface area contributed by atoms with Gasteiger partial charge in [-0.1, -0.05) is 18.2 Å². The number of hydrogen-bond acceptors (Lipinski definition) is 2. The average Bonchev–Trinajstić information content (AvgIpc) is 3.30. The topological polar surface area (TPSA) is 29.5 Å². The van der Waals surface area contributed by atoms with Crippen molar-refractivity contribution in [3.05, 3.63) is 30.3 Å². The largest absolute Gasteiger partial charge is 0.381 e. The zero-order valence-corrected chi connectivity index (χ0v) is 11.3. The molecule has 1 saturated heterocycles. The minimum absolute atomic E-state index is 0.0488. The maximum atomic E-state index is 12.7. The van der Waals surface area contributed by atoms with Gasteiger partial charge >= 0.3 is 0 Å². The molecule has 0 aromatic heterocycles. The van der Waals surface area contributed by atoms with Gasteiger partial charge in [0.25, 0.3) is 0 Å². The van der Waals surface area contributed by atoms with Crippen LogP contribution in [0.4, 0.5) is 5.69 Å². The molecule has 1 aromatic carbocycles. The van der Waals surface area contributed by atoms with E-state index in [9.17, 15) is 4.79 Å². The lowest BCUT2D eigenvalue weighted by atomic mass is 10.00. The van der Waals surface area contributed by atoms with Crippen molar-refractivity contribution in [1.29, 1.82) is 0 Å². The molecule has 1 atom stereocenters. The fourth-order valence-corrected chi connectivity index (χ4v) is 2.65. The molecular weight excluding hydrogens is 238 g/mol. The van der Waals surface area contributed by atoms with E-state index in [1.807, 2.05) is 35.2 Å². The highest BCUT2D eigenvalue weighted by atomic mass is 16.5. The van der Waals surface area contributed by atoms with Gasteiger partial charge in [-0.05, 0) is 43.7 Å². The number of rotatable bonds is 4. The number of anilines is 1. The Morgan fingerprint density at radius 1 is 1.21 bits per heavy atom. The summed E-state index contributed by atoms with van der Waals surface area (Å²) in [6.07, 6.45) is 4.49. The van der Waals surface area contributed by atoms with Crippen molar-refractivity contribution in [2.45, 2.75) is 25.7 Å². The van der Waals surface area contributed by atoms with Gasteiger partial charge in [-0.25, -0.2) is 0 Å². The van der Waals surface area contributed by atoms with Crippen LogP contribution in [-0.4, -0.2) is 25.7 Å². The smallest absolute Gasteiger partial charge is 0.232 e. The van der Waals surface area contributed by atoms with Crippen molar-refractivity contribution in [3.8, 4) is 0 Å². The molecule has 1 aliphatic carbocycles. The molecule has 0 bridgehead atoms. The molecule has 2 fully saturated rings. The summed E-state index contributed by atoms with van der Waals surface area (Å²) in [6, 6.07) is 10.1. The highest BCUT2D eigenvalue weighted by Gasteiger charge is 2.32. The lowest BCUT2D eigenvalue weighted by Crippen LogP contribution is -2.40. The number of para-hydroxylation sites is 1. The fraction of sp³-hybridized carbons (Fsp3) is 0.562. The number of amides is 1. The van der Waals surface area contributed by atoms with Crippen LogP contribution in [0.25, 0.3) is 0 Å². The van der Waals surface area contributed by atoms with E-state index < -0.39 is 0 Å². The van der Waals surface area contributed by atoms with E-state index in [2.05, 4.69) is 0 Å². The number of hydrogen-bond donors (Lipinski definition) is 0. The predicted octanol–water partition coefficient (Wildman–Crippen LogP) is 2.86. The van der Waals surface area contributed by atoms with Gasteiger partial charge in [0, 0.05) is 18.8 Å². The van der Waals surface area contributed by atoms with Crippen molar-refractivity contribution < 1.29 is 9.53 Å². The number of benzene rings is 1. The fourth-order valence-electron chi connectivity index (χ4n) is 2.65. The molecule has 1 saturated carbocycles. The molecule has 19 heavy (non-hydrogen) atoms. The zero-order valence-electron chi connectivity index (χ0n) is 11.3. The van der Waals surface area contributed by atoms with Crippen molar-refractivity contribution in [3.63, 3.8) is 0 Å². The summed E-state index contributed by atoms with van der Waals surface area (Å²) in [5.74, 6) is 0.999. The maximum absolute atomic E-state index is 12.7. The summed E-state index contributed by atoms with van der Waals surface area (Å²) >= 11 is 0. The molecule has 3 rings (SSSR count). The van der Waals surface area contributed by atoms with E-state index >= 15 is 0 Å². The van der Waals surface area contributed by atoms with Gasteiger partial charge in [0.05, 0.1) is 12.5 Å². The maximum Gasteiger partial charge on any atom is 0.232 e. The molecule has 102 valence electrons. The van der Waals surface area contributed by atoms with Crippen LogP contribution < -0.4 is 4.90 Å². The highest BCUT2D eigenvalue weighted by molar-refractivity contribution is 5.95. The molecular formula is C16H21NO2. The zero-order chi connectivity index (χ0) is 13.1. The first-order valence-corrected chi connectivity index (χ1v) is 7.29. The van der Waals surface area contributed by atoms with Crippen LogP contribution in [0.1, 0.15) is 25.7 Å². The van der Waals surface area contributed by atoms with Gasteiger partial charge in [-0.15, -0.1) is 0 Å². The van der Waals surface area contributed by atoms with Crippen LogP contribution in [0.3, 0.4) is 0 Å². The molecule has 2 aliphatic rings. The SMILES string of the molecule is O=C([C@@H]1CCCOC1)N(CC1CC1)c1ccccc1. The third-order valence-corrected chi connectivity index (χ3v) is 3.98. The third-order valence-electron chi connectivity index (χ3n) is 3.98. The number of ether oxygens (including phenoxy) is 1. The minimum Gasteiger partial charge on any atom is -0.381 e. The van der Waals surface area contributed by atoms with Crippen molar-refractivity contribution in [2.24, 2.45) is 11.8 Å². The first-order valence-electron chi connectivity index (χ1n) is 7.29. The summed E-state index contributed by atoms with van der Waals surface area (Å²) in [4.78, 5) is 14.7. The Kier molecular flexibility index (Phi) is 3.83. The summed E-state index contributed by atoms with van der Waals surface area (Å²) < 4.78 is 5.46. The second kappa shape index (κ2) is 5.74. The van der Waals surface area contributed by atoms with E-state index in [1.165, 1.54) is 12.8 Å². The highest BCUT2D eigenvalue weighted by Crippen LogP contribution is 2.32. The van der Waals surface area contributed by atoms with Crippen LogP contribution in [-0.2, 0) is 9.53 Å². The first kappa shape index (κ1) is 12.7. The normalized spacial score (nSPS) is 23.1. The average molecular weight is 259 g/mol. The molecule has 0 unspecified atom stereocenters. The Balaban J connectivity index is 1.75. The Morgan fingerprint density at radius 3 is 2.63 bits per heavy atom. The quantitative estimate of drug-likeness (QED) is 0.832. The summed E-state index contributed by atoms with van der Waals surface area (Å²) in [6.45, 7) is 2.27. The Morgan fingerprint density at radius 2 is 2.00 bits per heavy atom. The molecule has 0 radical (unpaired) electrons. The molecule has 0 N–H and O–H groups in total. The van der Waals surface area contributed by atoms with E-state index in [1.54, 1.807) is 0 Å². The van der Waals surface area contributed by atoms with E-state index in [0.29, 0.717) is 12.5 Å². The summed E-state index contributed by atoms with van der Waals surface area (Å²) in [7, 11) is 0. The molecule has 3 heteroatoms. The Bertz CT molecular complexity index is 422. The molecule has 1 amide bonds. The van der Waals surface area contributed by atoms with E-state index in [0.717, 1.165) is 31.7 Å². The summed E-state index contributed by atoms with van der Waals surface area (Å²) in [5.41, 5.74) is 1.03. The van der Waals surface area contributed by atoms with Crippen LogP contribution in [0.5, 0.6) is 0 Å². The monoisotopic (exact) mass is 259 g/mol.